The fourth-order valence-corrected chi connectivity index (χ4v) is 6.30. The molecule has 2 aromatic carbocycles. The molecule has 3 aliphatic rings. The van der Waals surface area contributed by atoms with Crippen molar-refractivity contribution in [3.05, 3.63) is 59.9 Å². The molecule has 2 aliphatic carbocycles. The van der Waals surface area contributed by atoms with Crippen molar-refractivity contribution in [3.63, 3.8) is 0 Å². The summed E-state index contributed by atoms with van der Waals surface area (Å²) in [7, 11) is -4.21. The first-order chi connectivity index (χ1) is 16.2. The lowest BCUT2D eigenvalue weighted by Crippen LogP contribution is -2.57. The van der Waals surface area contributed by atoms with Crippen LogP contribution in [0, 0.1) is 11.2 Å². The standard InChI is InChI=1S/C25H28F2N2O4S/c26-16-34(32,33)28-22-20(29(15-24(22)12-13-24)23(30)25(31)10-5-11-25)14-18-8-4-9-19(21(18)27)17-6-2-1-3-7-17/h1-4,6-9,20,22,28,31H,5,10-16H2/t20-,22+/m0/s1. The minimum atomic E-state index is -4.21. The summed E-state index contributed by atoms with van der Waals surface area (Å²) in [6.07, 6.45) is 2.84. The number of alkyl halides is 1. The normalized spacial score (nSPS) is 24.7. The molecule has 3 fully saturated rings. The topological polar surface area (TPSA) is 86.7 Å². The van der Waals surface area contributed by atoms with Gasteiger partial charge in [0.05, 0.1) is 6.04 Å². The number of carbonyl (C=O) groups is 1. The highest BCUT2D eigenvalue weighted by atomic mass is 32.2. The zero-order chi connectivity index (χ0) is 24.1. The molecule has 6 nitrogen and oxygen atoms in total. The van der Waals surface area contributed by atoms with Crippen LogP contribution in [0.5, 0.6) is 0 Å². The summed E-state index contributed by atoms with van der Waals surface area (Å²) in [6, 6.07) is 11.1. The third-order valence-electron chi connectivity index (χ3n) is 7.70. The number of nitrogens with zero attached hydrogens (tertiary/aromatic N) is 1. The fraction of sp³-hybridized carbons (Fsp3) is 0.480. The van der Waals surface area contributed by atoms with E-state index in [2.05, 4.69) is 4.72 Å². The molecule has 1 saturated heterocycles. The number of halogens is 2. The fourth-order valence-electron chi connectivity index (χ4n) is 5.45. The molecule has 5 rings (SSSR count). The molecule has 1 heterocycles. The van der Waals surface area contributed by atoms with Crippen LogP contribution in [0.15, 0.2) is 48.5 Å². The van der Waals surface area contributed by atoms with Gasteiger partial charge in [-0.3, -0.25) is 4.79 Å². The van der Waals surface area contributed by atoms with E-state index in [1.165, 1.54) is 4.90 Å². The SMILES string of the molecule is O=C(N1CC2(CC2)[C@H](NS(=O)(=O)CF)[C@@H]1Cc1cccc(-c2ccccc2)c1F)C1(O)CCC1. The Morgan fingerprint density at radius 3 is 2.38 bits per heavy atom. The van der Waals surface area contributed by atoms with Crippen molar-refractivity contribution in [2.75, 3.05) is 12.6 Å². The summed E-state index contributed by atoms with van der Waals surface area (Å²) in [5.41, 5.74) is -0.526. The Morgan fingerprint density at radius 1 is 1.09 bits per heavy atom. The molecule has 2 N–H and O–H groups in total. The van der Waals surface area contributed by atoms with Crippen molar-refractivity contribution in [1.29, 1.82) is 0 Å². The zero-order valence-electron chi connectivity index (χ0n) is 18.7. The highest BCUT2D eigenvalue weighted by molar-refractivity contribution is 7.89. The Bertz CT molecular complexity index is 1200. The summed E-state index contributed by atoms with van der Waals surface area (Å²) >= 11 is 0. The maximum atomic E-state index is 15.6. The molecule has 1 aliphatic heterocycles. The molecule has 2 saturated carbocycles. The van der Waals surface area contributed by atoms with Gasteiger partial charge in [-0.25, -0.2) is 21.9 Å². The molecule has 0 aromatic heterocycles. The summed E-state index contributed by atoms with van der Waals surface area (Å²) in [5, 5.41) is 10.8. The van der Waals surface area contributed by atoms with Crippen LogP contribution in [0.1, 0.15) is 37.7 Å². The lowest BCUT2D eigenvalue weighted by molar-refractivity contribution is -0.161. The van der Waals surface area contributed by atoms with Crippen molar-refractivity contribution in [3.8, 4) is 11.1 Å². The molecule has 0 unspecified atom stereocenters. The number of rotatable bonds is 7. The second kappa shape index (κ2) is 8.39. The molecular formula is C25H28F2N2O4S. The highest BCUT2D eigenvalue weighted by Gasteiger charge is 2.63. The number of likely N-dealkylation sites (tertiary alicyclic amines) is 1. The Balaban J connectivity index is 1.52. The molecule has 34 heavy (non-hydrogen) atoms. The Labute approximate surface area is 198 Å². The number of aliphatic hydroxyl groups is 1. The number of nitrogens with one attached hydrogen (secondary N) is 1. The smallest absolute Gasteiger partial charge is 0.254 e. The van der Waals surface area contributed by atoms with E-state index >= 15 is 4.39 Å². The van der Waals surface area contributed by atoms with E-state index in [1.807, 2.05) is 18.2 Å². The maximum absolute atomic E-state index is 15.6. The van der Waals surface area contributed by atoms with Gasteiger partial charge in [-0.2, -0.15) is 0 Å². The van der Waals surface area contributed by atoms with E-state index in [1.54, 1.807) is 30.3 Å². The van der Waals surface area contributed by atoms with Crippen LogP contribution >= 0.6 is 0 Å². The zero-order valence-corrected chi connectivity index (χ0v) is 19.5. The molecular weight excluding hydrogens is 462 g/mol. The number of amides is 1. The minimum Gasteiger partial charge on any atom is -0.380 e. The number of sulfonamides is 1. The molecule has 1 spiro atoms. The lowest BCUT2D eigenvalue weighted by atomic mass is 9.79. The lowest BCUT2D eigenvalue weighted by Gasteiger charge is -2.40. The van der Waals surface area contributed by atoms with Gasteiger partial charge in [0.2, 0.25) is 16.0 Å². The van der Waals surface area contributed by atoms with Gasteiger partial charge >= 0.3 is 0 Å². The first-order valence-corrected chi connectivity index (χ1v) is 13.3. The van der Waals surface area contributed by atoms with Crippen molar-refractivity contribution in [2.24, 2.45) is 5.41 Å². The van der Waals surface area contributed by atoms with Crippen LogP contribution < -0.4 is 4.72 Å². The second-order valence-corrected chi connectivity index (χ2v) is 11.6. The minimum absolute atomic E-state index is 0.0511. The van der Waals surface area contributed by atoms with Gasteiger partial charge < -0.3 is 10.0 Å². The van der Waals surface area contributed by atoms with Gasteiger partial charge in [-0.15, -0.1) is 0 Å². The second-order valence-electron chi connectivity index (χ2n) is 9.92. The third kappa shape index (κ3) is 4.03. The van der Waals surface area contributed by atoms with Crippen molar-refractivity contribution >= 4 is 15.9 Å². The van der Waals surface area contributed by atoms with Crippen LogP contribution in [0.2, 0.25) is 0 Å². The van der Waals surface area contributed by atoms with Crippen LogP contribution in [0.4, 0.5) is 8.78 Å². The number of hydrogen-bond acceptors (Lipinski definition) is 4. The quantitative estimate of drug-likeness (QED) is 0.624. The average Bonchev–Trinajstić information content (AvgIpc) is 3.54. The summed E-state index contributed by atoms with van der Waals surface area (Å²) in [5.74, 6) is -0.885. The Hall–Kier alpha value is -2.36. The van der Waals surface area contributed by atoms with Gasteiger partial charge in [0.15, 0.2) is 0 Å². The van der Waals surface area contributed by atoms with Gasteiger partial charge in [-0.05, 0) is 49.7 Å². The largest absolute Gasteiger partial charge is 0.380 e. The van der Waals surface area contributed by atoms with Gasteiger partial charge in [0, 0.05) is 23.6 Å². The predicted octanol–water partition coefficient (Wildman–Crippen LogP) is 3.16. The predicted molar refractivity (Wildman–Crippen MR) is 123 cm³/mol. The molecule has 0 radical (unpaired) electrons. The van der Waals surface area contributed by atoms with Crippen molar-refractivity contribution in [1.82, 2.24) is 9.62 Å². The molecule has 2 aromatic rings. The monoisotopic (exact) mass is 490 g/mol. The van der Waals surface area contributed by atoms with E-state index in [-0.39, 0.29) is 13.0 Å². The summed E-state index contributed by atoms with van der Waals surface area (Å²) < 4.78 is 55.7. The first kappa shape index (κ1) is 23.4. The van der Waals surface area contributed by atoms with E-state index in [0.29, 0.717) is 42.4 Å². The van der Waals surface area contributed by atoms with Crippen LogP contribution in [0.3, 0.4) is 0 Å². The maximum Gasteiger partial charge on any atom is 0.254 e. The Kier molecular flexibility index (Phi) is 5.77. The van der Waals surface area contributed by atoms with Crippen molar-refractivity contribution in [2.45, 2.75) is 56.2 Å². The van der Waals surface area contributed by atoms with Gasteiger partial charge in [-0.1, -0.05) is 48.5 Å². The molecule has 182 valence electrons. The Morgan fingerprint density at radius 2 is 1.79 bits per heavy atom. The van der Waals surface area contributed by atoms with E-state index < -0.39 is 50.9 Å². The first-order valence-electron chi connectivity index (χ1n) is 11.6. The molecule has 2 atom stereocenters. The number of carbonyl (C=O) groups excluding carboxylic acids is 1. The molecule has 9 heteroatoms. The molecule has 1 amide bonds. The summed E-state index contributed by atoms with van der Waals surface area (Å²) in [6.45, 7) is 0.262. The number of benzene rings is 2. The average molecular weight is 491 g/mol. The molecule has 0 bridgehead atoms. The summed E-state index contributed by atoms with van der Waals surface area (Å²) in [4.78, 5) is 14.9. The van der Waals surface area contributed by atoms with Crippen LogP contribution in [-0.4, -0.2) is 54.6 Å². The van der Waals surface area contributed by atoms with E-state index in [9.17, 15) is 22.7 Å². The number of hydrogen-bond donors (Lipinski definition) is 2. The van der Waals surface area contributed by atoms with E-state index in [0.717, 1.165) is 6.42 Å². The highest BCUT2D eigenvalue weighted by Crippen LogP contribution is 2.56. The van der Waals surface area contributed by atoms with Crippen LogP contribution in [-0.2, 0) is 21.2 Å². The third-order valence-corrected chi connectivity index (χ3v) is 8.61. The van der Waals surface area contributed by atoms with Gasteiger partial charge in [0.1, 0.15) is 11.4 Å². The van der Waals surface area contributed by atoms with Crippen LogP contribution in [0.25, 0.3) is 11.1 Å². The van der Waals surface area contributed by atoms with Gasteiger partial charge in [0.25, 0.3) is 5.91 Å². The van der Waals surface area contributed by atoms with E-state index in [4.69, 9.17) is 0 Å². The van der Waals surface area contributed by atoms with Crippen molar-refractivity contribution < 1.29 is 27.1 Å².